The van der Waals surface area contributed by atoms with Crippen LogP contribution in [0.15, 0.2) is 29.4 Å². The predicted octanol–water partition coefficient (Wildman–Crippen LogP) is 0.859. The van der Waals surface area contributed by atoms with Crippen LogP contribution in [-0.2, 0) is 6.54 Å². The van der Waals surface area contributed by atoms with Crippen LogP contribution in [0.5, 0.6) is 0 Å². The Labute approximate surface area is 114 Å². The maximum Gasteiger partial charge on any atom is 0.153 e. The molecule has 0 amide bonds. The van der Waals surface area contributed by atoms with Gasteiger partial charge >= 0.3 is 0 Å². The molecule has 3 N–H and O–H groups in total. The molecular weight excluding hydrogens is 240 g/mol. The van der Waals surface area contributed by atoms with Gasteiger partial charge in [0.1, 0.15) is 0 Å². The van der Waals surface area contributed by atoms with Gasteiger partial charge in [0.05, 0.1) is 6.54 Å². The summed E-state index contributed by atoms with van der Waals surface area (Å²) < 4.78 is 0. The monoisotopic (exact) mass is 262 g/mol. The fourth-order valence-electron chi connectivity index (χ4n) is 2.43. The van der Waals surface area contributed by atoms with Crippen LogP contribution in [0.4, 0.5) is 0 Å². The Kier molecular flexibility index (Phi) is 4.76. The van der Waals surface area contributed by atoms with E-state index in [0.717, 1.165) is 32.7 Å². The molecule has 0 aromatic heterocycles. The first-order valence-corrected chi connectivity index (χ1v) is 6.64. The van der Waals surface area contributed by atoms with Crippen molar-refractivity contribution >= 4 is 5.84 Å². The highest BCUT2D eigenvalue weighted by atomic mass is 16.4. The van der Waals surface area contributed by atoms with E-state index in [4.69, 9.17) is 10.9 Å². The van der Waals surface area contributed by atoms with Crippen molar-refractivity contribution in [3.63, 3.8) is 0 Å². The molecule has 0 spiro atoms. The molecule has 1 fully saturated rings. The van der Waals surface area contributed by atoms with E-state index in [1.165, 1.54) is 11.1 Å². The van der Waals surface area contributed by atoms with Gasteiger partial charge in [-0.1, -0.05) is 35.0 Å². The Balaban J connectivity index is 1.80. The number of rotatable bonds is 4. The average molecular weight is 262 g/mol. The summed E-state index contributed by atoms with van der Waals surface area (Å²) in [6.07, 6.45) is 0. The van der Waals surface area contributed by atoms with E-state index < -0.39 is 0 Å². The van der Waals surface area contributed by atoms with Crippen LogP contribution in [0.1, 0.15) is 11.1 Å². The van der Waals surface area contributed by atoms with Crippen LogP contribution >= 0.6 is 0 Å². The van der Waals surface area contributed by atoms with Gasteiger partial charge in [0.15, 0.2) is 5.84 Å². The third-order valence-corrected chi connectivity index (χ3v) is 3.47. The minimum Gasteiger partial charge on any atom is -0.409 e. The van der Waals surface area contributed by atoms with E-state index in [-0.39, 0.29) is 5.84 Å². The zero-order chi connectivity index (χ0) is 13.7. The van der Waals surface area contributed by atoms with E-state index in [2.05, 4.69) is 46.1 Å². The molecule has 104 valence electrons. The lowest BCUT2D eigenvalue weighted by molar-refractivity contribution is 0.139. The Bertz CT molecular complexity index is 439. The predicted molar refractivity (Wildman–Crippen MR) is 76.3 cm³/mol. The van der Waals surface area contributed by atoms with E-state index in [1.54, 1.807) is 0 Å². The highest BCUT2D eigenvalue weighted by Gasteiger charge is 2.17. The van der Waals surface area contributed by atoms with Gasteiger partial charge < -0.3 is 10.9 Å². The van der Waals surface area contributed by atoms with Crippen molar-refractivity contribution in [3.8, 4) is 0 Å². The van der Waals surface area contributed by atoms with Crippen molar-refractivity contribution in [3.05, 3.63) is 35.4 Å². The van der Waals surface area contributed by atoms with Gasteiger partial charge in [0.2, 0.25) is 0 Å². The van der Waals surface area contributed by atoms with Crippen LogP contribution in [0.3, 0.4) is 0 Å². The maximum atomic E-state index is 8.56. The van der Waals surface area contributed by atoms with Gasteiger partial charge in [-0.25, -0.2) is 0 Å². The summed E-state index contributed by atoms with van der Waals surface area (Å²) >= 11 is 0. The summed E-state index contributed by atoms with van der Waals surface area (Å²) in [5, 5.41) is 11.6. The SMILES string of the molecule is Cc1cccc(CN2CCN(CC(N)=NO)CC2)c1. The molecule has 0 radical (unpaired) electrons. The zero-order valence-electron chi connectivity index (χ0n) is 11.4. The Morgan fingerprint density at radius 2 is 1.95 bits per heavy atom. The smallest absolute Gasteiger partial charge is 0.153 e. The lowest BCUT2D eigenvalue weighted by atomic mass is 10.1. The zero-order valence-corrected chi connectivity index (χ0v) is 11.4. The molecule has 1 aliphatic rings. The minimum absolute atomic E-state index is 0.284. The number of benzene rings is 1. The number of hydrogen-bond acceptors (Lipinski definition) is 4. The number of nitrogens with two attached hydrogens (primary N) is 1. The van der Waals surface area contributed by atoms with E-state index in [1.807, 2.05) is 0 Å². The first-order valence-electron chi connectivity index (χ1n) is 6.64. The summed E-state index contributed by atoms with van der Waals surface area (Å²) in [5.74, 6) is 0.284. The van der Waals surface area contributed by atoms with Crippen molar-refractivity contribution in [2.45, 2.75) is 13.5 Å². The van der Waals surface area contributed by atoms with Gasteiger partial charge in [0, 0.05) is 32.7 Å². The van der Waals surface area contributed by atoms with Crippen LogP contribution in [0, 0.1) is 6.92 Å². The lowest BCUT2D eigenvalue weighted by Crippen LogP contribution is -2.48. The van der Waals surface area contributed by atoms with E-state index >= 15 is 0 Å². The first kappa shape index (κ1) is 13.8. The standard InChI is InChI=1S/C14H22N4O/c1-12-3-2-4-13(9-12)10-17-5-7-18(8-6-17)11-14(15)16-19/h2-4,9,19H,5-8,10-11H2,1H3,(H2,15,16). The van der Waals surface area contributed by atoms with E-state index in [0.29, 0.717) is 6.54 Å². The normalized spacial score (nSPS) is 18.7. The van der Waals surface area contributed by atoms with Crippen LogP contribution < -0.4 is 5.73 Å². The number of hydrogen-bond donors (Lipinski definition) is 2. The second kappa shape index (κ2) is 6.54. The second-order valence-electron chi connectivity index (χ2n) is 5.13. The fourth-order valence-corrected chi connectivity index (χ4v) is 2.43. The Morgan fingerprint density at radius 1 is 1.26 bits per heavy atom. The molecule has 0 unspecified atom stereocenters. The van der Waals surface area contributed by atoms with E-state index in [9.17, 15) is 0 Å². The molecule has 1 saturated heterocycles. The molecule has 1 heterocycles. The summed E-state index contributed by atoms with van der Waals surface area (Å²) in [5.41, 5.74) is 8.20. The molecule has 0 atom stereocenters. The summed E-state index contributed by atoms with van der Waals surface area (Å²) in [6.45, 7) is 7.63. The number of piperazine rings is 1. The van der Waals surface area contributed by atoms with Crippen LogP contribution in [0.2, 0.25) is 0 Å². The van der Waals surface area contributed by atoms with Gasteiger partial charge in [0.25, 0.3) is 0 Å². The van der Waals surface area contributed by atoms with Gasteiger partial charge in [-0.3, -0.25) is 9.80 Å². The molecule has 0 bridgehead atoms. The van der Waals surface area contributed by atoms with Crippen molar-refractivity contribution in [1.29, 1.82) is 0 Å². The molecule has 1 aromatic rings. The third-order valence-electron chi connectivity index (χ3n) is 3.47. The Morgan fingerprint density at radius 3 is 2.58 bits per heavy atom. The quantitative estimate of drug-likeness (QED) is 0.365. The first-order chi connectivity index (χ1) is 9.17. The van der Waals surface area contributed by atoms with Crippen LogP contribution in [0.25, 0.3) is 0 Å². The van der Waals surface area contributed by atoms with Gasteiger partial charge in [-0.15, -0.1) is 0 Å². The summed E-state index contributed by atoms with van der Waals surface area (Å²) in [7, 11) is 0. The molecule has 1 aromatic carbocycles. The average Bonchev–Trinajstić information content (AvgIpc) is 2.41. The highest BCUT2D eigenvalue weighted by molar-refractivity contribution is 5.81. The molecule has 2 rings (SSSR count). The van der Waals surface area contributed by atoms with Crippen LogP contribution in [-0.4, -0.2) is 53.6 Å². The number of nitrogens with zero attached hydrogens (tertiary/aromatic N) is 3. The Hall–Kier alpha value is -1.59. The molecule has 5 nitrogen and oxygen atoms in total. The molecular formula is C14H22N4O. The van der Waals surface area contributed by atoms with Crippen molar-refractivity contribution < 1.29 is 5.21 Å². The van der Waals surface area contributed by atoms with Gasteiger partial charge in [-0.2, -0.15) is 0 Å². The van der Waals surface area contributed by atoms with Crippen molar-refractivity contribution in [2.75, 3.05) is 32.7 Å². The third kappa shape index (κ3) is 4.22. The second-order valence-corrected chi connectivity index (χ2v) is 5.13. The number of aryl methyl sites for hydroxylation is 1. The maximum absolute atomic E-state index is 8.56. The largest absolute Gasteiger partial charge is 0.409 e. The highest BCUT2D eigenvalue weighted by Crippen LogP contribution is 2.10. The molecule has 1 aliphatic heterocycles. The molecule has 19 heavy (non-hydrogen) atoms. The molecule has 0 saturated carbocycles. The topological polar surface area (TPSA) is 65.1 Å². The summed E-state index contributed by atoms with van der Waals surface area (Å²) in [6, 6.07) is 8.65. The summed E-state index contributed by atoms with van der Waals surface area (Å²) in [4.78, 5) is 4.65. The van der Waals surface area contributed by atoms with Crippen molar-refractivity contribution in [2.24, 2.45) is 10.9 Å². The number of amidine groups is 1. The number of oxime groups is 1. The minimum atomic E-state index is 0.284. The fraction of sp³-hybridized carbons (Fsp3) is 0.500. The van der Waals surface area contributed by atoms with Gasteiger partial charge in [-0.05, 0) is 12.5 Å². The molecule has 0 aliphatic carbocycles. The van der Waals surface area contributed by atoms with Crippen molar-refractivity contribution in [1.82, 2.24) is 9.80 Å². The molecule has 5 heteroatoms. The lowest BCUT2D eigenvalue weighted by Gasteiger charge is -2.34.